The van der Waals surface area contributed by atoms with Gasteiger partial charge in [-0.2, -0.15) is 0 Å². The first kappa shape index (κ1) is 15.4. The van der Waals surface area contributed by atoms with Gasteiger partial charge in [0.1, 0.15) is 0 Å². The number of ether oxygens (including phenoxy) is 1. The summed E-state index contributed by atoms with van der Waals surface area (Å²) in [5.74, 6) is -0.807. The number of nitrogens with zero attached hydrogens (tertiary/aromatic N) is 2. The van der Waals surface area contributed by atoms with Crippen molar-refractivity contribution in [2.75, 3.05) is 32.6 Å². The van der Waals surface area contributed by atoms with Crippen molar-refractivity contribution in [1.29, 1.82) is 0 Å². The number of carbonyl (C=O) groups excluding carboxylic acids is 2. The molecular weight excluding hydrogens is 310 g/mol. The summed E-state index contributed by atoms with van der Waals surface area (Å²) in [5, 5.41) is 3.21. The fourth-order valence-corrected chi connectivity index (χ4v) is 3.34. The van der Waals surface area contributed by atoms with Crippen molar-refractivity contribution in [1.82, 2.24) is 10.1 Å². The monoisotopic (exact) mass is 327 g/mol. The maximum atomic E-state index is 12.6. The molecule has 1 fully saturated rings. The molecule has 1 aromatic rings. The number of hydrogen-bond donors (Lipinski definition) is 1. The minimum absolute atomic E-state index is 0.273. The lowest BCUT2D eigenvalue weighted by atomic mass is 10.1. The molecule has 1 atom stereocenters. The molecule has 2 aliphatic rings. The number of amides is 2. The van der Waals surface area contributed by atoms with Crippen LogP contribution in [-0.4, -0.2) is 54.5 Å². The van der Waals surface area contributed by atoms with E-state index in [1.807, 2.05) is 0 Å². The van der Waals surface area contributed by atoms with E-state index in [0.29, 0.717) is 36.7 Å². The second-order valence-corrected chi connectivity index (χ2v) is 6.14. The normalized spacial score (nSPS) is 25.8. The van der Waals surface area contributed by atoms with E-state index in [-0.39, 0.29) is 11.5 Å². The number of imide groups is 1. The Balaban J connectivity index is 1.84. The highest BCUT2D eigenvalue weighted by atomic mass is 32.1. The van der Waals surface area contributed by atoms with Crippen molar-refractivity contribution in [3.63, 3.8) is 0 Å². The molecule has 9 heteroatoms. The van der Waals surface area contributed by atoms with Crippen LogP contribution in [0.1, 0.15) is 34.1 Å². The summed E-state index contributed by atoms with van der Waals surface area (Å²) in [5.41, 5.74) is 5.30. The molecule has 8 nitrogen and oxygen atoms in total. The van der Waals surface area contributed by atoms with E-state index in [1.54, 1.807) is 19.4 Å². The molecule has 0 aromatic carbocycles. The van der Waals surface area contributed by atoms with Gasteiger partial charge in [-0.25, -0.2) is 9.74 Å². The van der Waals surface area contributed by atoms with E-state index < -0.39 is 11.6 Å². The Bertz CT molecular complexity index is 619. The number of nitrogens with two attached hydrogens (primary N) is 1. The van der Waals surface area contributed by atoms with Crippen LogP contribution in [0.15, 0.2) is 5.38 Å². The number of fused-ring (bicyclic) bond motifs is 1. The summed E-state index contributed by atoms with van der Waals surface area (Å²) >= 11 is 1.19. The molecule has 1 saturated heterocycles. The molecule has 2 amide bonds. The zero-order chi connectivity index (χ0) is 15.9. The molecule has 2 N–H and O–H groups in total. The molecule has 3 heterocycles. The van der Waals surface area contributed by atoms with Crippen LogP contribution in [0, 0.1) is 0 Å². The Morgan fingerprint density at radius 1 is 1.45 bits per heavy atom. The summed E-state index contributed by atoms with van der Waals surface area (Å²) in [4.78, 5) is 37.3. The second kappa shape index (κ2) is 5.60. The van der Waals surface area contributed by atoms with Gasteiger partial charge < -0.3 is 10.5 Å². The summed E-state index contributed by atoms with van der Waals surface area (Å²) in [6.45, 7) is 2.79. The van der Waals surface area contributed by atoms with Crippen LogP contribution < -0.4 is 5.73 Å². The van der Waals surface area contributed by atoms with Crippen LogP contribution in [0.2, 0.25) is 0 Å². The van der Waals surface area contributed by atoms with Gasteiger partial charge in [0, 0.05) is 18.9 Å². The zero-order valence-corrected chi connectivity index (χ0v) is 13.1. The van der Waals surface area contributed by atoms with E-state index >= 15 is 0 Å². The summed E-state index contributed by atoms with van der Waals surface area (Å²) in [6.07, 6.45) is 0.377. The molecule has 0 unspecified atom stereocenters. The maximum absolute atomic E-state index is 12.6. The largest absolute Gasteiger partial charge is 0.390 e. The van der Waals surface area contributed by atoms with E-state index in [2.05, 4.69) is 0 Å². The van der Waals surface area contributed by atoms with Crippen molar-refractivity contribution >= 4 is 28.2 Å². The van der Waals surface area contributed by atoms with Crippen molar-refractivity contribution in [2.24, 2.45) is 0 Å². The summed E-state index contributed by atoms with van der Waals surface area (Å²) in [7, 11) is 1.57. The molecule has 0 bridgehead atoms. The van der Waals surface area contributed by atoms with Gasteiger partial charge in [0.05, 0.1) is 35.9 Å². The summed E-state index contributed by atoms with van der Waals surface area (Å²) < 4.78 is 4.97. The average Bonchev–Trinajstić information content (AvgIpc) is 2.97. The SMILES string of the molecule is COCCN1OCC[C@](C)(N2C(=O)c3csc(N)c3C2=O)O1. The van der Waals surface area contributed by atoms with Gasteiger partial charge in [0.2, 0.25) is 0 Å². The minimum atomic E-state index is -1.11. The average molecular weight is 327 g/mol. The predicted molar refractivity (Wildman–Crippen MR) is 77.9 cm³/mol. The van der Waals surface area contributed by atoms with Gasteiger partial charge in [0.15, 0.2) is 5.72 Å². The quantitative estimate of drug-likeness (QED) is 0.820. The van der Waals surface area contributed by atoms with E-state index in [9.17, 15) is 9.59 Å². The first-order valence-corrected chi connectivity index (χ1v) is 7.70. The van der Waals surface area contributed by atoms with Crippen molar-refractivity contribution in [2.45, 2.75) is 19.1 Å². The first-order valence-electron chi connectivity index (χ1n) is 6.82. The number of hydrogen-bond acceptors (Lipinski definition) is 8. The zero-order valence-electron chi connectivity index (χ0n) is 12.3. The maximum Gasteiger partial charge on any atom is 0.266 e. The van der Waals surface area contributed by atoms with E-state index in [0.717, 1.165) is 4.90 Å². The van der Waals surface area contributed by atoms with Crippen LogP contribution in [0.5, 0.6) is 0 Å². The van der Waals surface area contributed by atoms with Crippen molar-refractivity contribution in [3.8, 4) is 0 Å². The third kappa shape index (κ3) is 2.31. The Kier molecular flexibility index (Phi) is 3.91. The van der Waals surface area contributed by atoms with Crippen LogP contribution in [0.4, 0.5) is 5.00 Å². The highest BCUT2D eigenvalue weighted by Gasteiger charge is 2.51. The topological polar surface area (TPSA) is 94.3 Å². The van der Waals surface area contributed by atoms with Gasteiger partial charge >= 0.3 is 0 Å². The standard InChI is InChI=1S/C13H17N3O5S/c1-13(3-5-20-15(21-13)4-6-19-2)16-11(17)8-7-22-10(14)9(8)12(16)18/h7H,3-6,14H2,1-2H3/t13-/m1/s1. The number of anilines is 1. The lowest BCUT2D eigenvalue weighted by molar-refractivity contribution is -0.452. The Hall–Kier alpha value is -1.52. The predicted octanol–water partition coefficient (Wildman–Crippen LogP) is 0.858. The molecular formula is C13H17N3O5S. The molecule has 1 aromatic heterocycles. The van der Waals surface area contributed by atoms with E-state index in [1.165, 1.54) is 16.6 Å². The summed E-state index contributed by atoms with van der Waals surface area (Å²) in [6, 6.07) is 0. The van der Waals surface area contributed by atoms with Gasteiger partial charge in [-0.3, -0.25) is 14.4 Å². The number of hydroxylamine groups is 2. The highest BCUT2D eigenvalue weighted by molar-refractivity contribution is 7.14. The van der Waals surface area contributed by atoms with Crippen LogP contribution in [0.25, 0.3) is 0 Å². The molecule has 0 radical (unpaired) electrons. The third-order valence-electron chi connectivity index (χ3n) is 3.72. The molecule has 0 spiro atoms. The van der Waals surface area contributed by atoms with Crippen LogP contribution >= 0.6 is 11.3 Å². The minimum Gasteiger partial charge on any atom is -0.390 e. The fourth-order valence-electron chi connectivity index (χ4n) is 2.56. The molecule has 22 heavy (non-hydrogen) atoms. The lowest BCUT2D eigenvalue weighted by Crippen LogP contribution is -2.58. The molecule has 2 aliphatic heterocycles. The highest BCUT2D eigenvalue weighted by Crippen LogP contribution is 2.39. The van der Waals surface area contributed by atoms with Crippen molar-refractivity contribution in [3.05, 3.63) is 16.5 Å². The van der Waals surface area contributed by atoms with Crippen molar-refractivity contribution < 1.29 is 24.0 Å². The Morgan fingerprint density at radius 3 is 2.91 bits per heavy atom. The number of thiophene rings is 1. The molecule has 0 aliphatic carbocycles. The number of methoxy groups -OCH3 is 1. The van der Waals surface area contributed by atoms with Gasteiger partial charge in [-0.05, 0) is 6.92 Å². The van der Waals surface area contributed by atoms with E-state index in [4.69, 9.17) is 20.1 Å². The smallest absolute Gasteiger partial charge is 0.266 e. The fraction of sp³-hybridized carbons (Fsp3) is 0.538. The lowest BCUT2D eigenvalue weighted by Gasteiger charge is -2.43. The van der Waals surface area contributed by atoms with Crippen LogP contribution in [-0.2, 0) is 14.4 Å². The molecule has 0 saturated carbocycles. The van der Waals surface area contributed by atoms with Gasteiger partial charge in [-0.15, -0.1) is 11.3 Å². The number of nitrogen functional groups attached to an aromatic ring is 1. The molecule has 3 rings (SSSR count). The Labute approximate surface area is 131 Å². The first-order chi connectivity index (χ1) is 10.5. The number of rotatable bonds is 4. The van der Waals surface area contributed by atoms with Crippen LogP contribution in [0.3, 0.4) is 0 Å². The van der Waals surface area contributed by atoms with Gasteiger partial charge in [0.25, 0.3) is 11.8 Å². The third-order valence-corrected chi connectivity index (χ3v) is 4.53. The number of carbonyl (C=O) groups is 2. The molecule has 120 valence electrons. The Morgan fingerprint density at radius 2 is 2.23 bits per heavy atom. The van der Waals surface area contributed by atoms with Gasteiger partial charge in [-0.1, -0.05) is 5.23 Å². The second-order valence-electron chi connectivity index (χ2n) is 5.23.